The van der Waals surface area contributed by atoms with E-state index in [1.54, 1.807) is 18.2 Å². The summed E-state index contributed by atoms with van der Waals surface area (Å²) in [5, 5.41) is 14.8. The molecule has 3 aromatic rings. The molecule has 2 atom stereocenters. The molecule has 7 heteroatoms. The van der Waals surface area contributed by atoms with Gasteiger partial charge in [-0.25, -0.2) is 8.78 Å². The summed E-state index contributed by atoms with van der Waals surface area (Å²) >= 11 is 0. The third-order valence-corrected chi connectivity index (χ3v) is 5.56. The third kappa shape index (κ3) is 7.18. The lowest BCUT2D eigenvalue weighted by molar-refractivity contribution is -0.00650. The predicted molar refractivity (Wildman–Crippen MR) is 126 cm³/mol. The van der Waals surface area contributed by atoms with Crippen LogP contribution >= 0.6 is 0 Å². The quantitative estimate of drug-likeness (QED) is 0.451. The molecule has 1 aliphatic heterocycles. The summed E-state index contributed by atoms with van der Waals surface area (Å²) in [7, 11) is 0. The molecule has 0 fully saturated rings. The Hall–Kier alpha value is -3.13. The molecule has 0 amide bonds. The average Bonchev–Trinajstić information content (AvgIpc) is 3.28. The maximum atomic E-state index is 13.7. The smallest absolute Gasteiger partial charge is 0.145 e. The first-order valence-electron chi connectivity index (χ1n) is 11.3. The number of halogens is 2. The zero-order valence-electron chi connectivity index (χ0n) is 18.8. The summed E-state index contributed by atoms with van der Waals surface area (Å²) in [4.78, 5) is 7.64. The van der Waals surface area contributed by atoms with Gasteiger partial charge in [-0.15, -0.1) is 0 Å². The van der Waals surface area contributed by atoms with Gasteiger partial charge in [-0.2, -0.15) is 0 Å². The predicted octanol–water partition coefficient (Wildman–Crippen LogP) is 4.54. The standard InChI is InChI=1S/C27H28F2N2O3/c28-23-11-9-22(10-12-23)27-14-26(34-30-27)17-31(15-21-7-4-8-24(29)13-21)16-25(32)19-33-18-20-5-2-1-3-6-20/h1-13,25-26,32H,14-19H2/t25-,26-/m0/s1. The molecule has 0 saturated heterocycles. The Morgan fingerprint density at radius 2 is 1.74 bits per heavy atom. The van der Waals surface area contributed by atoms with Crippen molar-refractivity contribution in [1.82, 2.24) is 4.90 Å². The lowest BCUT2D eigenvalue weighted by atomic mass is 10.0. The Morgan fingerprint density at radius 1 is 0.971 bits per heavy atom. The van der Waals surface area contributed by atoms with Crippen LogP contribution in [-0.4, -0.2) is 47.6 Å². The molecule has 0 bridgehead atoms. The average molecular weight is 467 g/mol. The number of hydrogen-bond donors (Lipinski definition) is 1. The molecule has 178 valence electrons. The van der Waals surface area contributed by atoms with Crippen LogP contribution in [0.4, 0.5) is 8.78 Å². The van der Waals surface area contributed by atoms with E-state index in [1.165, 1.54) is 24.3 Å². The van der Waals surface area contributed by atoms with Crippen molar-refractivity contribution in [3.63, 3.8) is 0 Å². The Kier molecular flexibility index (Phi) is 8.36. The number of rotatable bonds is 11. The third-order valence-electron chi connectivity index (χ3n) is 5.56. The maximum absolute atomic E-state index is 13.7. The summed E-state index contributed by atoms with van der Waals surface area (Å²) in [6.07, 6.45) is -0.395. The van der Waals surface area contributed by atoms with Crippen LogP contribution < -0.4 is 0 Å². The van der Waals surface area contributed by atoms with Gasteiger partial charge in [-0.3, -0.25) is 4.90 Å². The molecule has 4 rings (SSSR count). The summed E-state index contributed by atoms with van der Waals surface area (Å²) < 4.78 is 32.6. The van der Waals surface area contributed by atoms with Crippen molar-refractivity contribution in [3.8, 4) is 0 Å². The van der Waals surface area contributed by atoms with Crippen LogP contribution in [0.2, 0.25) is 0 Å². The zero-order chi connectivity index (χ0) is 23.8. The van der Waals surface area contributed by atoms with Crippen LogP contribution in [0.5, 0.6) is 0 Å². The van der Waals surface area contributed by atoms with E-state index in [4.69, 9.17) is 9.57 Å². The van der Waals surface area contributed by atoms with Gasteiger partial charge in [0.15, 0.2) is 0 Å². The SMILES string of the molecule is O[C@H](COCc1ccccc1)CN(Cc1cccc(F)c1)C[C@@H]1CC(c2ccc(F)cc2)=NO1. The highest BCUT2D eigenvalue weighted by atomic mass is 19.1. The van der Waals surface area contributed by atoms with E-state index < -0.39 is 6.10 Å². The first-order valence-corrected chi connectivity index (χ1v) is 11.3. The van der Waals surface area contributed by atoms with Gasteiger partial charge in [0.25, 0.3) is 0 Å². The summed E-state index contributed by atoms with van der Waals surface area (Å²) in [6, 6.07) is 22.3. The zero-order valence-corrected chi connectivity index (χ0v) is 18.8. The Balaban J connectivity index is 1.34. The van der Waals surface area contributed by atoms with Crippen molar-refractivity contribution in [1.29, 1.82) is 0 Å². The van der Waals surface area contributed by atoms with Gasteiger partial charge in [0.05, 0.1) is 25.0 Å². The lowest BCUT2D eigenvalue weighted by Crippen LogP contribution is -2.39. The van der Waals surface area contributed by atoms with Crippen LogP contribution in [0.25, 0.3) is 0 Å². The number of nitrogens with zero attached hydrogens (tertiary/aromatic N) is 2. The summed E-state index contributed by atoms with van der Waals surface area (Å²) in [5.74, 6) is -0.604. The topological polar surface area (TPSA) is 54.3 Å². The second-order valence-electron chi connectivity index (χ2n) is 8.45. The molecule has 1 heterocycles. The molecule has 3 aromatic carbocycles. The van der Waals surface area contributed by atoms with Crippen LogP contribution in [-0.2, 0) is 22.7 Å². The minimum atomic E-state index is -0.726. The van der Waals surface area contributed by atoms with Gasteiger partial charge >= 0.3 is 0 Å². The Labute approximate surface area is 198 Å². The minimum absolute atomic E-state index is 0.178. The van der Waals surface area contributed by atoms with Crippen molar-refractivity contribution in [2.24, 2.45) is 5.16 Å². The fourth-order valence-corrected chi connectivity index (χ4v) is 3.96. The van der Waals surface area contributed by atoms with Crippen molar-refractivity contribution in [2.45, 2.75) is 31.8 Å². The molecule has 0 spiro atoms. The second kappa shape index (κ2) is 11.8. The van der Waals surface area contributed by atoms with E-state index >= 15 is 0 Å². The number of aliphatic hydroxyl groups excluding tert-OH is 1. The van der Waals surface area contributed by atoms with Crippen LogP contribution in [0, 0.1) is 11.6 Å². The monoisotopic (exact) mass is 466 g/mol. The number of hydrogen-bond acceptors (Lipinski definition) is 5. The Morgan fingerprint density at radius 3 is 2.50 bits per heavy atom. The molecule has 0 aliphatic carbocycles. The second-order valence-corrected chi connectivity index (χ2v) is 8.45. The van der Waals surface area contributed by atoms with Crippen molar-refractivity contribution >= 4 is 5.71 Å². The van der Waals surface area contributed by atoms with E-state index in [9.17, 15) is 13.9 Å². The van der Waals surface area contributed by atoms with Gasteiger partial charge < -0.3 is 14.7 Å². The van der Waals surface area contributed by atoms with Gasteiger partial charge in [-0.05, 0) is 41.0 Å². The number of oxime groups is 1. The molecular weight excluding hydrogens is 438 g/mol. The molecule has 1 N–H and O–H groups in total. The van der Waals surface area contributed by atoms with E-state index in [1.807, 2.05) is 41.3 Å². The fourth-order valence-electron chi connectivity index (χ4n) is 3.96. The number of ether oxygens (including phenoxy) is 1. The van der Waals surface area contributed by atoms with Gasteiger partial charge in [0.2, 0.25) is 0 Å². The Bertz CT molecular complexity index is 1080. The van der Waals surface area contributed by atoms with Crippen LogP contribution in [0.15, 0.2) is 84.0 Å². The molecule has 0 saturated carbocycles. The van der Waals surface area contributed by atoms with Gasteiger partial charge in [0, 0.05) is 26.1 Å². The number of aliphatic hydroxyl groups is 1. The van der Waals surface area contributed by atoms with Crippen LogP contribution in [0.1, 0.15) is 23.1 Å². The van der Waals surface area contributed by atoms with E-state index in [0.717, 1.165) is 22.4 Å². The molecule has 34 heavy (non-hydrogen) atoms. The molecule has 0 radical (unpaired) electrons. The first-order chi connectivity index (χ1) is 16.5. The molecule has 5 nitrogen and oxygen atoms in total. The first kappa shape index (κ1) is 24.0. The molecule has 0 unspecified atom stereocenters. The largest absolute Gasteiger partial charge is 0.390 e. The minimum Gasteiger partial charge on any atom is -0.390 e. The highest BCUT2D eigenvalue weighted by Crippen LogP contribution is 2.19. The van der Waals surface area contributed by atoms with E-state index in [0.29, 0.717) is 32.7 Å². The van der Waals surface area contributed by atoms with E-state index in [-0.39, 0.29) is 24.3 Å². The van der Waals surface area contributed by atoms with E-state index in [2.05, 4.69) is 5.16 Å². The highest BCUT2D eigenvalue weighted by Gasteiger charge is 2.26. The number of benzene rings is 3. The van der Waals surface area contributed by atoms with Gasteiger partial charge in [-0.1, -0.05) is 59.8 Å². The highest BCUT2D eigenvalue weighted by molar-refractivity contribution is 6.01. The lowest BCUT2D eigenvalue weighted by Gasteiger charge is -2.27. The van der Waals surface area contributed by atoms with Crippen LogP contribution in [0.3, 0.4) is 0 Å². The summed E-state index contributed by atoms with van der Waals surface area (Å²) in [6.45, 7) is 1.86. The summed E-state index contributed by atoms with van der Waals surface area (Å²) in [5.41, 5.74) is 3.41. The van der Waals surface area contributed by atoms with Crippen molar-refractivity contribution in [3.05, 3.63) is 107 Å². The van der Waals surface area contributed by atoms with Crippen molar-refractivity contribution < 1.29 is 23.5 Å². The molecule has 1 aliphatic rings. The maximum Gasteiger partial charge on any atom is 0.145 e. The van der Waals surface area contributed by atoms with Gasteiger partial charge in [0.1, 0.15) is 17.7 Å². The normalized spacial score (nSPS) is 16.4. The molecule has 0 aromatic heterocycles. The molecular formula is C27H28F2N2O3. The van der Waals surface area contributed by atoms with Crippen molar-refractivity contribution in [2.75, 3.05) is 19.7 Å². The fraction of sp³-hybridized carbons (Fsp3) is 0.296.